The second-order valence-electron chi connectivity index (χ2n) is 3.05. The van der Waals surface area contributed by atoms with Gasteiger partial charge in [0.15, 0.2) is 11.9 Å². The van der Waals surface area contributed by atoms with Crippen molar-refractivity contribution in [3.05, 3.63) is 60.4 Å². The average Bonchev–Trinajstić information content (AvgIpc) is 2.20. The van der Waals surface area contributed by atoms with E-state index in [4.69, 9.17) is 0 Å². The Morgan fingerprint density at radius 3 is 2.14 bits per heavy atom. The minimum atomic E-state index is 0. The van der Waals surface area contributed by atoms with Crippen molar-refractivity contribution in [1.29, 1.82) is 0 Å². The summed E-state index contributed by atoms with van der Waals surface area (Å²) in [7, 11) is 0. The first-order valence-corrected chi connectivity index (χ1v) is 4.40. The number of hydrogen-bond donors (Lipinski definition) is 0. The van der Waals surface area contributed by atoms with E-state index in [9.17, 15) is 0 Å². The average molecular weight is 297 g/mol. The number of aryl methyl sites for hydroxylation is 1. The van der Waals surface area contributed by atoms with Crippen LogP contribution in [0.1, 0.15) is 5.69 Å². The van der Waals surface area contributed by atoms with Crippen LogP contribution in [0.15, 0.2) is 54.7 Å². The zero-order valence-corrected chi connectivity index (χ0v) is 10.2. The normalized spacial score (nSPS) is 9.21. The van der Waals surface area contributed by atoms with Crippen molar-refractivity contribution in [1.82, 2.24) is 0 Å². The molecule has 0 saturated heterocycles. The quantitative estimate of drug-likeness (QED) is 0.483. The molecule has 72 valence electrons. The Kier molecular flexibility index (Phi) is 4.07. The monoisotopic (exact) mass is 297 g/mol. The van der Waals surface area contributed by atoms with Gasteiger partial charge in [-0.1, -0.05) is 24.3 Å². The lowest BCUT2D eigenvalue weighted by Crippen LogP contribution is -3.00. The Balaban J connectivity index is 0.000000980. The summed E-state index contributed by atoms with van der Waals surface area (Å²) in [6.07, 6.45) is 2.07. The molecule has 2 rings (SSSR count). The van der Waals surface area contributed by atoms with Crippen LogP contribution in [0.5, 0.6) is 0 Å². The first kappa shape index (κ1) is 11.2. The van der Waals surface area contributed by atoms with Crippen LogP contribution in [0.25, 0.3) is 5.69 Å². The molecule has 0 saturated carbocycles. The first-order chi connectivity index (χ1) is 6.38. The van der Waals surface area contributed by atoms with Gasteiger partial charge in [-0.15, -0.1) is 0 Å². The standard InChI is InChI=1S/C12H12N.HI/c1-11-7-5-6-10-13(11)12-8-3-2-4-9-12;/h2-10H,1H3;1H/q+1;/p-1. The molecule has 0 atom stereocenters. The highest BCUT2D eigenvalue weighted by Crippen LogP contribution is 1.99. The molecular formula is C12H12IN. The maximum absolute atomic E-state index is 2.17. The smallest absolute Gasteiger partial charge is 0.210 e. The van der Waals surface area contributed by atoms with Crippen LogP contribution < -0.4 is 28.5 Å². The van der Waals surface area contributed by atoms with Gasteiger partial charge < -0.3 is 24.0 Å². The minimum absolute atomic E-state index is 0. The molecule has 1 aromatic carbocycles. The maximum atomic E-state index is 2.17. The van der Waals surface area contributed by atoms with Crippen LogP contribution >= 0.6 is 0 Å². The first-order valence-electron chi connectivity index (χ1n) is 4.40. The van der Waals surface area contributed by atoms with Crippen molar-refractivity contribution in [2.45, 2.75) is 6.92 Å². The molecule has 0 radical (unpaired) electrons. The SMILES string of the molecule is Cc1cccc[n+]1-c1ccccc1.[I-]. The number of rotatable bonds is 1. The van der Waals surface area contributed by atoms with E-state index in [1.165, 1.54) is 11.4 Å². The molecule has 0 amide bonds. The van der Waals surface area contributed by atoms with Crippen LogP contribution in [-0.2, 0) is 0 Å². The van der Waals surface area contributed by atoms with E-state index in [0.717, 1.165) is 0 Å². The van der Waals surface area contributed by atoms with E-state index in [0.29, 0.717) is 0 Å². The van der Waals surface area contributed by atoms with Gasteiger partial charge in [-0.25, -0.2) is 0 Å². The van der Waals surface area contributed by atoms with Crippen molar-refractivity contribution in [2.75, 3.05) is 0 Å². The molecule has 1 heterocycles. The Hall–Kier alpha value is -0.900. The van der Waals surface area contributed by atoms with E-state index in [2.05, 4.69) is 54.1 Å². The number of para-hydroxylation sites is 1. The van der Waals surface area contributed by atoms with E-state index in [1.807, 2.05) is 12.1 Å². The van der Waals surface area contributed by atoms with E-state index < -0.39 is 0 Å². The third kappa shape index (κ3) is 2.32. The van der Waals surface area contributed by atoms with Crippen molar-refractivity contribution in [3.63, 3.8) is 0 Å². The number of benzene rings is 1. The summed E-state index contributed by atoms with van der Waals surface area (Å²) in [5, 5.41) is 0. The summed E-state index contributed by atoms with van der Waals surface area (Å²) in [6.45, 7) is 2.10. The zero-order valence-electron chi connectivity index (χ0n) is 8.02. The van der Waals surface area contributed by atoms with Gasteiger partial charge in [0.1, 0.15) is 0 Å². The highest BCUT2D eigenvalue weighted by atomic mass is 127. The van der Waals surface area contributed by atoms with Crippen molar-refractivity contribution in [2.24, 2.45) is 0 Å². The number of pyridine rings is 1. The number of hydrogen-bond acceptors (Lipinski definition) is 0. The molecular weight excluding hydrogens is 285 g/mol. The summed E-state index contributed by atoms with van der Waals surface area (Å²) in [5.74, 6) is 0. The fraction of sp³-hybridized carbons (Fsp3) is 0.0833. The van der Waals surface area contributed by atoms with Crippen LogP contribution in [0.2, 0.25) is 0 Å². The van der Waals surface area contributed by atoms with E-state index in [1.54, 1.807) is 0 Å². The third-order valence-electron chi connectivity index (χ3n) is 2.10. The molecule has 0 aliphatic carbocycles. The molecule has 0 aliphatic heterocycles. The van der Waals surface area contributed by atoms with Gasteiger partial charge in [0.25, 0.3) is 0 Å². The van der Waals surface area contributed by atoms with E-state index in [-0.39, 0.29) is 24.0 Å². The van der Waals surface area contributed by atoms with Crippen LogP contribution in [0, 0.1) is 6.92 Å². The zero-order chi connectivity index (χ0) is 9.10. The summed E-state index contributed by atoms with van der Waals surface area (Å²) in [4.78, 5) is 0. The molecule has 2 heteroatoms. The molecule has 1 aromatic heterocycles. The lowest BCUT2D eigenvalue weighted by atomic mass is 10.3. The summed E-state index contributed by atoms with van der Waals surface area (Å²) >= 11 is 0. The fourth-order valence-corrected chi connectivity index (χ4v) is 1.41. The molecule has 0 spiro atoms. The van der Waals surface area contributed by atoms with Gasteiger partial charge in [-0.2, -0.15) is 4.57 Å². The Labute approximate surface area is 101 Å². The van der Waals surface area contributed by atoms with Gasteiger partial charge in [0.05, 0.1) is 0 Å². The molecule has 2 aromatic rings. The van der Waals surface area contributed by atoms with Gasteiger partial charge in [0, 0.05) is 31.2 Å². The predicted molar refractivity (Wildman–Crippen MR) is 52.7 cm³/mol. The number of aromatic nitrogens is 1. The third-order valence-corrected chi connectivity index (χ3v) is 2.10. The van der Waals surface area contributed by atoms with Crippen molar-refractivity contribution < 1.29 is 28.5 Å². The molecule has 0 N–H and O–H groups in total. The second-order valence-corrected chi connectivity index (χ2v) is 3.05. The summed E-state index contributed by atoms with van der Waals surface area (Å²) in [6, 6.07) is 16.5. The molecule has 0 unspecified atom stereocenters. The number of nitrogens with zero attached hydrogens (tertiary/aromatic N) is 1. The molecule has 0 aliphatic rings. The molecule has 14 heavy (non-hydrogen) atoms. The largest absolute Gasteiger partial charge is 1.00 e. The van der Waals surface area contributed by atoms with Crippen LogP contribution in [-0.4, -0.2) is 0 Å². The Morgan fingerprint density at radius 1 is 0.857 bits per heavy atom. The van der Waals surface area contributed by atoms with Crippen LogP contribution in [0.4, 0.5) is 0 Å². The molecule has 0 fully saturated rings. The van der Waals surface area contributed by atoms with E-state index >= 15 is 0 Å². The van der Waals surface area contributed by atoms with Crippen LogP contribution in [0.3, 0.4) is 0 Å². The van der Waals surface area contributed by atoms with Crippen molar-refractivity contribution in [3.8, 4) is 5.69 Å². The molecule has 1 nitrogen and oxygen atoms in total. The lowest BCUT2D eigenvalue weighted by molar-refractivity contribution is -0.602. The lowest BCUT2D eigenvalue weighted by Gasteiger charge is -1.97. The highest BCUT2D eigenvalue weighted by Gasteiger charge is 2.06. The predicted octanol–water partition coefficient (Wildman–Crippen LogP) is -0.724. The highest BCUT2D eigenvalue weighted by molar-refractivity contribution is 5.22. The van der Waals surface area contributed by atoms with Gasteiger partial charge in [0.2, 0.25) is 5.69 Å². The minimum Gasteiger partial charge on any atom is -1.00 e. The maximum Gasteiger partial charge on any atom is 0.210 e. The number of halogens is 1. The summed E-state index contributed by atoms with van der Waals surface area (Å²) < 4.78 is 2.17. The van der Waals surface area contributed by atoms with Crippen molar-refractivity contribution >= 4 is 0 Å². The second kappa shape index (κ2) is 5.10. The fourth-order valence-electron chi connectivity index (χ4n) is 1.41. The van der Waals surface area contributed by atoms with Gasteiger partial charge in [-0.3, -0.25) is 0 Å². The van der Waals surface area contributed by atoms with Gasteiger partial charge >= 0.3 is 0 Å². The Morgan fingerprint density at radius 2 is 1.50 bits per heavy atom. The molecule has 0 bridgehead atoms. The topological polar surface area (TPSA) is 3.88 Å². The van der Waals surface area contributed by atoms with Gasteiger partial charge in [-0.05, 0) is 0 Å². The summed E-state index contributed by atoms with van der Waals surface area (Å²) in [5.41, 5.74) is 2.45. The Bertz CT molecular complexity index is 398.